The molecule has 1 rings (SSSR count). The molecule has 130 valence electrons. The number of carboxylic acids is 1. The highest BCUT2D eigenvalue weighted by atomic mass is 19.4. The van der Waals surface area contributed by atoms with E-state index in [1.54, 1.807) is 30.3 Å². The van der Waals surface area contributed by atoms with Gasteiger partial charge in [-0.1, -0.05) is 30.3 Å². The molecule has 0 bridgehead atoms. The zero-order chi connectivity index (χ0) is 17.8. The van der Waals surface area contributed by atoms with Crippen LogP contribution in [0.4, 0.5) is 26.3 Å². The number of carboxylic acid groups (broad SMARTS) is 1. The van der Waals surface area contributed by atoms with Gasteiger partial charge in [-0.25, -0.2) is 0 Å². The highest BCUT2D eigenvalue weighted by molar-refractivity contribution is 5.73. The minimum Gasteiger partial charge on any atom is -0.480 e. The van der Waals surface area contributed by atoms with Crippen molar-refractivity contribution in [3.63, 3.8) is 0 Å². The number of halogens is 6. The highest BCUT2D eigenvalue weighted by Gasteiger charge is 2.57. The molecule has 0 fully saturated rings. The van der Waals surface area contributed by atoms with E-state index in [2.05, 4.69) is 0 Å². The van der Waals surface area contributed by atoms with Gasteiger partial charge in [0.1, 0.15) is 6.04 Å². The van der Waals surface area contributed by atoms with Gasteiger partial charge < -0.3 is 5.11 Å². The van der Waals surface area contributed by atoms with Gasteiger partial charge in [0.2, 0.25) is 0 Å². The van der Waals surface area contributed by atoms with Crippen LogP contribution in [0.3, 0.4) is 0 Å². The Morgan fingerprint density at radius 1 is 1.09 bits per heavy atom. The zero-order valence-corrected chi connectivity index (χ0v) is 12.0. The van der Waals surface area contributed by atoms with Crippen LogP contribution >= 0.6 is 0 Å². The molecule has 1 atom stereocenters. The van der Waals surface area contributed by atoms with E-state index < -0.39 is 36.7 Å². The third-order valence-corrected chi connectivity index (χ3v) is 3.34. The molecule has 0 aliphatic carbocycles. The first-order chi connectivity index (χ1) is 10.4. The van der Waals surface area contributed by atoms with Crippen LogP contribution in [0.5, 0.6) is 0 Å². The van der Waals surface area contributed by atoms with Crippen molar-refractivity contribution >= 4 is 5.97 Å². The Morgan fingerprint density at radius 3 is 1.96 bits per heavy atom. The predicted molar refractivity (Wildman–Crippen MR) is 69.5 cm³/mol. The Bertz CT molecular complexity index is 500. The summed E-state index contributed by atoms with van der Waals surface area (Å²) in [5.41, 5.74) is 0.580. The summed E-state index contributed by atoms with van der Waals surface area (Å²) < 4.78 is 75.6. The number of hydrogen-bond donors (Lipinski definition) is 1. The average Bonchev–Trinajstić information content (AvgIpc) is 2.36. The van der Waals surface area contributed by atoms with Crippen LogP contribution in [0.1, 0.15) is 12.0 Å². The molecule has 0 spiro atoms. The summed E-state index contributed by atoms with van der Waals surface area (Å²) in [5.74, 6) is -5.42. The molecule has 0 aliphatic heterocycles. The van der Waals surface area contributed by atoms with Crippen molar-refractivity contribution < 1.29 is 36.2 Å². The molecular weight excluding hydrogens is 328 g/mol. The quantitative estimate of drug-likeness (QED) is 0.801. The van der Waals surface area contributed by atoms with Crippen LogP contribution in [0.15, 0.2) is 30.3 Å². The molecule has 3 nitrogen and oxygen atoms in total. The average molecular weight is 343 g/mol. The van der Waals surface area contributed by atoms with Crippen molar-refractivity contribution in [2.45, 2.75) is 31.4 Å². The molecule has 0 radical (unpaired) electrons. The highest BCUT2D eigenvalue weighted by Crippen LogP contribution is 2.42. The van der Waals surface area contributed by atoms with Gasteiger partial charge in [-0.15, -0.1) is 0 Å². The minimum absolute atomic E-state index is 0.0831. The van der Waals surface area contributed by atoms with E-state index in [9.17, 15) is 31.1 Å². The lowest BCUT2D eigenvalue weighted by Crippen LogP contribution is -2.46. The number of likely N-dealkylation sites (N-methyl/N-ethyl adjacent to an activating group) is 1. The molecule has 0 heterocycles. The Labute approximate surface area is 128 Å². The Morgan fingerprint density at radius 2 is 1.57 bits per heavy atom. The molecule has 23 heavy (non-hydrogen) atoms. The molecule has 1 aromatic carbocycles. The molecule has 0 aliphatic rings. The number of hydrogen-bond acceptors (Lipinski definition) is 2. The van der Waals surface area contributed by atoms with Crippen molar-refractivity contribution in [3.05, 3.63) is 35.9 Å². The predicted octanol–water partition coefficient (Wildman–Crippen LogP) is 3.70. The summed E-state index contributed by atoms with van der Waals surface area (Å²) in [6, 6.07) is 6.23. The maximum atomic E-state index is 12.6. The maximum absolute atomic E-state index is 12.6. The lowest BCUT2D eigenvalue weighted by molar-refractivity contribution is -0.288. The second-order valence-corrected chi connectivity index (χ2v) is 5.13. The number of aliphatic carboxylic acids is 1. The molecule has 9 heteroatoms. The third kappa shape index (κ3) is 5.74. The van der Waals surface area contributed by atoms with Crippen LogP contribution in [0, 0.1) is 5.92 Å². The Balaban J connectivity index is 2.95. The van der Waals surface area contributed by atoms with Gasteiger partial charge in [-0.3, -0.25) is 9.69 Å². The fourth-order valence-electron chi connectivity index (χ4n) is 2.13. The first-order valence-corrected chi connectivity index (χ1v) is 6.53. The second-order valence-electron chi connectivity index (χ2n) is 5.13. The Hall–Kier alpha value is -1.77. The normalized spacial score (nSPS) is 14.3. The van der Waals surface area contributed by atoms with E-state index in [4.69, 9.17) is 5.11 Å². The smallest absolute Gasteiger partial charge is 0.400 e. The summed E-state index contributed by atoms with van der Waals surface area (Å²) >= 11 is 0. The van der Waals surface area contributed by atoms with E-state index in [0.717, 1.165) is 4.90 Å². The zero-order valence-electron chi connectivity index (χ0n) is 12.0. The van der Waals surface area contributed by atoms with E-state index in [1.165, 1.54) is 7.05 Å². The monoisotopic (exact) mass is 343 g/mol. The largest absolute Gasteiger partial charge is 0.480 e. The molecule has 0 saturated carbocycles. The van der Waals surface area contributed by atoms with Crippen LogP contribution in [-0.2, 0) is 11.3 Å². The van der Waals surface area contributed by atoms with E-state index in [-0.39, 0.29) is 6.54 Å². The van der Waals surface area contributed by atoms with Gasteiger partial charge in [0, 0.05) is 6.54 Å². The van der Waals surface area contributed by atoms with Crippen molar-refractivity contribution in [1.29, 1.82) is 0 Å². The van der Waals surface area contributed by atoms with Crippen molar-refractivity contribution in [2.24, 2.45) is 5.92 Å². The van der Waals surface area contributed by atoms with Gasteiger partial charge in [0.05, 0.1) is 0 Å². The first-order valence-electron chi connectivity index (χ1n) is 6.53. The SMILES string of the molecule is CN(Cc1ccccc1)C(CC(C(F)(F)F)C(F)(F)F)C(=O)O. The number of nitrogens with zero attached hydrogens (tertiary/aromatic N) is 1. The summed E-state index contributed by atoms with van der Waals surface area (Å²) in [6.45, 7) is -0.0831. The molecule has 0 aromatic heterocycles. The van der Waals surface area contributed by atoms with E-state index in [0.29, 0.717) is 5.56 Å². The van der Waals surface area contributed by atoms with Crippen LogP contribution in [0.2, 0.25) is 0 Å². The van der Waals surface area contributed by atoms with Crippen molar-refractivity contribution in [2.75, 3.05) is 7.05 Å². The van der Waals surface area contributed by atoms with Gasteiger partial charge >= 0.3 is 18.3 Å². The lowest BCUT2D eigenvalue weighted by atomic mass is 9.97. The summed E-state index contributed by atoms with van der Waals surface area (Å²) in [4.78, 5) is 12.1. The van der Waals surface area contributed by atoms with Crippen LogP contribution in [-0.4, -0.2) is 41.4 Å². The van der Waals surface area contributed by atoms with Crippen molar-refractivity contribution in [3.8, 4) is 0 Å². The lowest BCUT2D eigenvalue weighted by Gasteiger charge is -2.30. The van der Waals surface area contributed by atoms with Crippen LogP contribution < -0.4 is 0 Å². The number of benzene rings is 1. The second kappa shape index (κ2) is 7.20. The van der Waals surface area contributed by atoms with Crippen molar-refractivity contribution in [1.82, 2.24) is 4.90 Å². The molecule has 0 amide bonds. The molecule has 1 unspecified atom stereocenters. The Kier molecular flexibility index (Phi) is 6.04. The fourth-order valence-corrected chi connectivity index (χ4v) is 2.13. The summed E-state index contributed by atoms with van der Waals surface area (Å²) in [6.07, 6.45) is -12.7. The summed E-state index contributed by atoms with van der Waals surface area (Å²) in [7, 11) is 1.18. The van der Waals surface area contributed by atoms with Gasteiger partial charge in [-0.2, -0.15) is 26.3 Å². The van der Waals surface area contributed by atoms with E-state index in [1.807, 2.05) is 0 Å². The number of carbonyl (C=O) groups is 1. The molecule has 0 saturated heterocycles. The van der Waals surface area contributed by atoms with Crippen LogP contribution in [0.25, 0.3) is 0 Å². The number of alkyl halides is 6. The molecule has 1 aromatic rings. The molecule has 1 N–H and O–H groups in total. The number of rotatable bonds is 6. The summed E-state index contributed by atoms with van der Waals surface area (Å²) in [5, 5.41) is 9.03. The van der Waals surface area contributed by atoms with Gasteiger partial charge in [0.15, 0.2) is 5.92 Å². The third-order valence-electron chi connectivity index (χ3n) is 3.34. The minimum atomic E-state index is -5.56. The van der Waals surface area contributed by atoms with Gasteiger partial charge in [0.25, 0.3) is 0 Å². The molecular formula is C14H15F6NO2. The standard InChI is InChI=1S/C14H15F6NO2/c1-21(8-9-5-3-2-4-6-9)10(12(22)23)7-11(13(15,16)17)14(18,19)20/h2-6,10-11H,7-8H2,1H3,(H,22,23). The van der Waals surface area contributed by atoms with Gasteiger partial charge in [-0.05, 0) is 19.0 Å². The maximum Gasteiger partial charge on any atom is 0.400 e. The topological polar surface area (TPSA) is 40.5 Å². The van der Waals surface area contributed by atoms with E-state index >= 15 is 0 Å². The fraction of sp³-hybridized carbons (Fsp3) is 0.500. The first kappa shape index (κ1) is 19.3.